The van der Waals surface area contributed by atoms with Crippen LogP contribution in [0.2, 0.25) is 5.02 Å². The van der Waals surface area contributed by atoms with E-state index in [-0.39, 0.29) is 12.6 Å². The van der Waals surface area contributed by atoms with E-state index in [4.69, 9.17) is 11.6 Å². The first kappa shape index (κ1) is 17.9. The minimum Gasteiger partial charge on any atom is -0.394 e. The molecular formula is C17H20ClN4O2P. The number of nitrogens with zero attached hydrogens (tertiary/aromatic N) is 2. The molecule has 132 valence electrons. The van der Waals surface area contributed by atoms with Crippen molar-refractivity contribution in [3.63, 3.8) is 0 Å². The Morgan fingerprint density at radius 3 is 2.84 bits per heavy atom. The van der Waals surface area contributed by atoms with Gasteiger partial charge in [-0.05, 0) is 26.3 Å². The van der Waals surface area contributed by atoms with Gasteiger partial charge >= 0.3 is 0 Å². The number of hydrogen-bond donors (Lipinski definition) is 3. The molecule has 0 saturated heterocycles. The number of aromatic nitrogens is 3. The van der Waals surface area contributed by atoms with Crippen molar-refractivity contribution in [2.75, 3.05) is 25.3 Å². The summed E-state index contributed by atoms with van der Waals surface area (Å²) in [6.07, 6.45) is 3.35. The molecule has 0 radical (unpaired) electrons. The van der Waals surface area contributed by atoms with Gasteiger partial charge in [-0.2, -0.15) is 0 Å². The molecule has 0 fully saturated rings. The van der Waals surface area contributed by atoms with Gasteiger partial charge in [-0.25, -0.2) is 9.97 Å². The van der Waals surface area contributed by atoms with Gasteiger partial charge in [0.15, 0.2) is 0 Å². The zero-order chi connectivity index (χ0) is 18.2. The van der Waals surface area contributed by atoms with Crippen LogP contribution in [0, 0.1) is 0 Å². The number of anilines is 1. The first-order valence-corrected chi connectivity index (χ1v) is 10.8. The fourth-order valence-corrected chi connectivity index (χ4v) is 4.04. The average Bonchev–Trinajstić information content (AvgIpc) is 2.99. The Morgan fingerprint density at radius 1 is 1.40 bits per heavy atom. The molecule has 3 N–H and O–H groups in total. The lowest BCUT2D eigenvalue weighted by molar-refractivity contribution is 0.281. The maximum atomic E-state index is 12.5. The molecule has 2 heterocycles. The smallest absolute Gasteiger partial charge is 0.223 e. The number of aromatic amines is 1. The van der Waals surface area contributed by atoms with Crippen LogP contribution in [0.4, 0.5) is 5.95 Å². The number of para-hydroxylation sites is 1. The predicted molar refractivity (Wildman–Crippen MR) is 104 cm³/mol. The maximum Gasteiger partial charge on any atom is 0.223 e. The van der Waals surface area contributed by atoms with Gasteiger partial charge < -0.3 is 20.0 Å². The molecule has 0 bridgehead atoms. The van der Waals surface area contributed by atoms with Crippen molar-refractivity contribution in [3.05, 3.63) is 35.6 Å². The molecular weight excluding hydrogens is 359 g/mol. The van der Waals surface area contributed by atoms with Crippen molar-refractivity contribution in [3.8, 4) is 11.3 Å². The minimum atomic E-state index is -2.42. The van der Waals surface area contributed by atoms with Gasteiger partial charge in [-0.15, -0.1) is 0 Å². The summed E-state index contributed by atoms with van der Waals surface area (Å²) in [6.45, 7) is 5.30. The summed E-state index contributed by atoms with van der Waals surface area (Å²) in [5.41, 5.74) is 2.23. The number of H-pyrrole nitrogens is 1. The fourth-order valence-electron chi connectivity index (χ4n) is 2.67. The minimum absolute atomic E-state index is 0.0277. The molecule has 3 rings (SSSR count). The second-order valence-corrected chi connectivity index (χ2v) is 9.96. The lowest BCUT2D eigenvalue weighted by Crippen LogP contribution is -2.20. The molecule has 0 spiro atoms. The van der Waals surface area contributed by atoms with Gasteiger partial charge in [-0.3, -0.25) is 0 Å². The largest absolute Gasteiger partial charge is 0.394 e. The number of aliphatic hydroxyl groups is 1. The number of halogens is 1. The van der Waals surface area contributed by atoms with Crippen molar-refractivity contribution in [1.82, 2.24) is 15.0 Å². The van der Waals surface area contributed by atoms with Crippen LogP contribution >= 0.6 is 18.7 Å². The number of hydrogen-bond acceptors (Lipinski definition) is 5. The van der Waals surface area contributed by atoms with E-state index in [1.54, 1.807) is 13.3 Å². The summed E-state index contributed by atoms with van der Waals surface area (Å²) in [7, 11) is -2.42. The van der Waals surface area contributed by atoms with Crippen LogP contribution in [0.5, 0.6) is 0 Å². The average molecular weight is 379 g/mol. The van der Waals surface area contributed by atoms with Crippen molar-refractivity contribution in [2.24, 2.45) is 0 Å². The Labute approximate surface area is 151 Å². The summed E-state index contributed by atoms with van der Waals surface area (Å²) in [4.78, 5) is 11.9. The molecule has 2 aromatic heterocycles. The van der Waals surface area contributed by atoms with Gasteiger partial charge in [0, 0.05) is 28.5 Å². The fraction of sp³-hybridized carbons (Fsp3) is 0.294. The number of rotatable bonds is 5. The highest BCUT2D eigenvalue weighted by atomic mass is 35.5. The molecule has 1 unspecified atom stereocenters. The third-order valence-corrected chi connectivity index (χ3v) is 5.73. The topological polar surface area (TPSA) is 90.9 Å². The van der Waals surface area contributed by atoms with E-state index in [9.17, 15) is 9.67 Å². The van der Waals surface area contributed by atoms with Crippen LogP contribution in [-0.2, 0) is 4.57 Å². The molecule has 0 amide bonds. The van der Waals surface area contributed by atoms with E-state index >= 15 is 0 Å². The number of fused-ring (bicyclic) bond motifs is 1. The second-order valence-electron chi connectivity index (χ2n) is 6.37. The Hall–Kier alpha value is -1.88. The van der Waals surface area contributed by atoms with Gasteiger partial charge in [0.05, 0.1) is 29.0 Å². The molecule has 0 aliphatic heterocycles. The highest BCUT2D eigenvalue weighted by molar-refractivity contribution is 7.70. The molecule has 0 saturated carbocycles. The number of aliphatic hydroxyl groups excluding tert-OH is 1. The monoisotopic (exact) mass is 378 g/mol. The molecule has 3 aromatic rings. The molecule has 1 aromatic carbocycles. The Kier molecular flexibility index (Phi) is 4.87. The quantitative estimate of drug-likeness (QED) is 0.592. The van der Waals surface area contributed by atoms with Crippen molar-refractivity contribution in [2.45, 2.75) is 13.0 Å². The van der Waals surface area contributed by atoms with E-state index in [0.29, 0.717) is 16.7 Å². The van der Waals surface area contributed by atoms with Crippen LogP contribution in [0.1, 0.15) is 6.92 Å². The summed E-state index contributed by atoms with van der Waals surface area (Å²) < 4.78 is 12.5. The summed E-state index contributed by atoms with van der Waals surface area (Å²) in [5, 5.41) is 14.3. The van der Waals surface area contributed by atoms with Crippen molar-refractivity contribution < 1.29 is 9.67 Å². The zero-order valence-electron chi connectivity index (χ0n) is 14.2. The number of benzene rings is 1. The molecule has 25 heavy (non-hydrogen) atoms. The molecule has 1 atom stereocenters. The summed E-state index contributed by atoms with van der Waals surface area (Å²) in [5.74, 6) is 0.392. The summed E-state index contributed by atoms with van der Waals surface area (Å²) >= 11 is 6.32. The highest BCUT2D eigenvalue weighted by Gasteiger charge is 2.19. The Morgan fingerprint density at radius 2 is 2.16 bits per heavy atom. The predicted octanol–water partition coefficient (Wildman–Crippen LogP) is 3.32. The Bertz CT molecular complexity index is 966. The standard InChI is InChI=1S/C17H20ClN4O2P/c1-10(9-23)21-17-20-8-13(18)15(22-17)12-7-19-16-11(12)5-4-6-14(16)25(2,3)24/h4-8,10,19,23H,9H2,1-3H3,(H,20,21,22). The van der Waals surface area contributed by atoms with Crippen LogP contribution in [0.3, 0.4) is 0 Å². The van der Waals surface area contributed by atoms with Gasteiger partial charge in [0.1, 0.15) is 7.14 Å². The normalized spacial score (nSPS) is 13.2. The van der Waals surface area contributed by atoms with Crippen molar-refractivity contribution >= 4 is 40.9 Å². The van der Waals surface area contributed by atoms with Gasteiger partial charge in [0.2, 0.25) is 5.95 Å². The maximum absolute atomic E-state index is 12.5. The molecule has 8 heteroatoms. The third kappa shape index (κ3) is 3.56. The van der Waals surface area contributed by atoms with Crippen LogP contribution in [0.15, 0.2) is 30.6 Å². The van der Waals surface area contributed by atoms with Crippen LogP contribution < -0.4 is 10.6 Å². The summed E-state index contributed by atoms with van der Waals surface area (Å²) in [6, 6.07) is 5.54. The number of nitrogens with one attached hydrogen (secondary N) is 2. The zero-order valence-corrected chi connectivity index (χ0v) is 15.9. The van der Waals surface area contributed by atoms with E-state index in [2.05, 4.69) is 20.3 Å². The van der Waals surface area contributed by atoms with Gasteiger partial charge in [-0.1, -0.05) is 23.7 Å². The third-order valence-electron chi connectivity index (χ3n) is 3.92. The SMILES string of the molecule is CC(CO)Nc1ncc(Cl)c(-c2c[nH]c3c(P(C)(C)=O)cccc23)n1. The molecule has 0 aliphatic carbocycles. The van der Waals surface area contributed by atoms with Gasteiger partial charge in [0.25, 0.3) is 0 Å². The Balaban J connectivity index is 2.14. The molecule has 6 nitrogen and oxygen atoms in total. The lowest BCUT2D eigenvalue weighted by Gasteiger charge is -2.12. The van der Waals surface area contributed by atoms with E-state index in [0.717, 1.165) is 21.8 Å². The first-order chi connectivity index (χ1) is 11.8. The highest BCUT2D eigenvalue weighted by Crippen LogP contribution is 2.39. The van der Waals surface area contributed by atoms with E-state index < -0.39 is 7.14 Å². The van der Waals surface area contributed by atoms with E-state index in [1.165, 1.54) is 6.20 Å². The second kappa shape index (κ2) is 6.79. The first-order valence-electron chi connectivity index (χ1n) is 7.87. The van der Waals surface area contributed by atoms with E-state index in [1.807, 2.05) is 31.3 Å². The lowest BCUT2D eigenvalue weighted by atomic mass is 10.1. The molecule has 0 aliphatic rings. The van der Waals surface area contributed by atoms with Crippen LogP contribution in [-0.4, -0.2) is 46.0 Å². The van der Waals surface area contributed by atoms with Crippen LogP contribution in [0.25, 0.3) is 22.2 Å². The van der Waals surface area contributed by atoms with Crippen molar-refractivity contribution in [1.29, 1.82) is 0 Å².